The molecule has 7 nitrogen and oxygen atoms in total. The molecule has 1 amide bonds. The number of nitrogens with two attached hydrogens (primary N) is 1. The van der Waals surface area contributed by atoms with Crippen LogP contribution in [0, 0.1) is 0 Å². The SMILES string of the molecule is CCOP(=O)(OCC)C(C(N)=O)(C(C)O)C(C)O. The minimum Gasteiger partial charge on any atom is -0.391 e. The number of primary amides is 1. The number of carbonyl (C=O) groups excluding carboxylic acids is 1. The first kappa shape index (κ1) is 17.5. The molecule has 0 aromatic heterocycles. The predicted octanol–water partition coefficient (Wildman–Crippen LogP) is 0.238. The molecule has 4 N–H and O–H groups in total. The van der Waals surface area contributed by atoms with Crippen molar-refractivity contribution in [2.45, 2.75) is 45.1 Å². The van der Waals surface area contributed by atoms with Crippen LogP contribution < -0.4 is 5.73 Å². The summed E-state index contributed by atoms with van der Waals surface area (Å²) in [5.74, 6) is -1.13. The summed E-state index contributed by atoms with van der Waals surface area (Å²) in [6.07, 6.45) is -2.97. The monoisotopic (exact) mass is 283 g/mol. The van der Waals surface area contributed by atoms with Crippen molar-refractivity contribution < 1.29 is 28.6 Å². The summed E-state index contributed by atoms with van der Waals surface area (Å²) in [6.45, 7) is 5.52. The topological polar surface area (TPSA) is 119 Å². The summed E-state index contributed by atoms with van der Waals surface area (Å²) >= 11 is 0. The molecule has 0 saturated heterocycles. The second-order valence-corrected chi connectivity index (χ2v) is 6.13. The molecule has 0 fully saturated rings. The van der Waals surface area contributed by atoms with Gasteiger partial charge in [0.05, 0.1) is 25.4 Å². The average molecular weight is 283 g/mol. The molecule has 0 aromatic carbocycles. The Morgan fingerprint density at radius 3 is 1.72 bits per heavy atom. The average Bonchev–Trinajstić information content (AvgIpc) is 2.16. The molecule has 0 rings (SSSR count). The number of aliphatic hydroxyl groups excluding tert-OH is 2. The van der Waals surface area contributed by atoms with E-state index in [4.69, 9.17) is 14.8 Å². The third kappa shape index (κ3) is 2.75. The van der Waals surface area contributed by atoms with E-state index in [1.807, 2.05) is 0 Å². The lowest BCUT2D eigenvalue weighted by molar-refractivity contribution is -0.128. The lowest BCUT2D eigenvalue weighted by Crippen LogP contribution is -2.59. The molecule has 108 valence electrons. The Labute approximate surface area is 107 Å². The minimum absolute atomic E-state index is 0.00819. The van der Waals surface area contributed by atoms with Crippen molar-refractivity contribution in [3.05, 3.63) is 0 Å². The largest absolute Gasteiger partial charge is 0.391 e. The van der Waals surface area contributed by atoms with Gasteiger partial charge >= 0.3 is 7.60 Å². The van der Waals surface area contributed by atoms with Crippen molar-refractivity contribution in [2.75, 3.05) is 13.2 Å². The zero-order chi connectivity index (χ0) is 14.6. The molecule has 8 heteroatoms. The van der Waals surface area contributed by atoms with E-state index >= 15 is 0 Å². The smallest absolute Gasteiger partial charge is 0.351 e. The lowest BCUT2D eigenvalue weighted by Gasteiger charge is -2.40. The van der Waals surface area contributed by atoms with Crippen LogP contribution in [0.25, 0.3) is 0 Å². The Morgan fingerprint density at radius 1 is 1.22 bits per heavy atom. The van der Waals surface area contributed by atoms with Gasteiger partial charge in [-0.3, -0.25) is 9.36 Å². The summed E-state index contributed by atoms with van der Waals surface area (Å²) < 4.78 is 22.8. The summed E-state index contributed by atoms with van der Waals surface area (Å²) in [6, 6.07) is 0. The Morgan fingerprint density at radius 2 is 1.56 bits per heavy atom. The highest BCUT2D eigenvalue weighted by Crippen LogP contribution is 2.62. The quantitative estimate of drug-likeness (QED) is 0.549. The molecular formula is C10H22NO6P. The van der Waals surface area contributed by atoms with Crippen molar-refractivity contribution >= 4 is 13.5 Å². The first-order valence-corrected chi connectivity index (χ1v) is 7.30. The van der Waals surface area contributed by atoms with Crippen LogP contribution in [0.15, 0.2) is 0 Å². The van der Waals surface area contributed by atoms with E-state index in [9.17, 15) is 19.6 Å². The summed E-state index contributed by atoms with van der Waals surface area (Å²) in [4.78, 5) is 11.7. The number of hydrogen-bond acceptors (Lipinski definition) is 6. The fourth-order valence-electron chi connectivity index (χ4n) is 1.94. The molecule has 2 unspecified atom stereocenters. The predicted molar refractivity (Wildman–Crippen MR) is 66.1 cm³/mol. The first-order chi connectivity index (χ1) is 8.20. The van der Waals surface area contributed by atoms with Crippen molar-refractivity contribution in [1.82, 2.24) is 0 Å². The number of amides is 1. The Hall–Kier alpha value is -0.460. The van der Waals surface area contributed by atoms with Crippen LogP contribution in [-0.4, -0.2) is 46.7 Å². The number of aliphatic hydroxyl groups is 2. The van der Waals surface area contributed by atoms with Crippen LogP contribution in [0.1, 0.15) is 27.7 Å². The van der Waals surface area contributed by atoms with Gasteiger partial charge in [0, 0.05) is 0 Å². The fourth-order valence-corrected chi connectivity index (χ4v) is 4.31. The van der Waals surface area contributed by atoms with E-state index in [0.29, 0.717) is 0 Å². The van der Waals surface area contributed by atoms with E-state index in [1.165, 1.54) is 13.8 Å². The maximum absolute atomic E-state index is 12.7. The standard InChI is InChI=1S/C10H22NO6P/c1-5-16-18(15,17-6-2)10(7(3)12,8(4)13)9(11)14/h7-8,12-13H,5-6H2,1-4H3,(H2,11,14). The molecule has 0 aliphatic carbocycles. The van der Waals surface area contributed by atoms with Crippen LogP contribution in [0.2, 0.25) is 0 Å². The summed E-state index contributed by atoms with van der Waals surface area (Å²) in [7, 11) is -4.10. The van der Waals surface area contributed by atoms with Crippen LogP contribution >= 0.6 is 7.60 Å². The third-order valence-electron chi connectivity index (χ3n) is 2.72. The fraction of sp³-hybridized carbons (Fsp3) is 0.900. The maximum Gasteiger partial charge on any atom is 0.351 e. The van der Waals surface area contributed by atoms with Gasteiger partial charge in [-0.05, 0) is 27.7 Å². The highest BCUT2D eigenvalue weighted by Gasteiger charge is 2.62. The highest BCUT2D eigenvalue weighted by molar-refractivity contribution is 7.57. The maximum atomic E-state index is 12.7. The van der Waals surface area contributed by atoms with Crippen LogP contribution in [0.4, 0.5) is 0 Å². The van der Waals surface area contributed by atoms with E-state index < -0.39 is 30.9 Å². The van der Waals surface area contributed by atoms with Crippen LogP contribution in [-0.2, 0) is 18.4 Å². The van der Waals surface area contributed by atoms with Gasteiger partial charge in [0.2, 0.25) is 11.1 Å². The number of hydrogen-bond donors (Lipinski definition) is 3. The van der Waals surface area contributed by atoms with Crippen molar-refractivity contribution in [1.29, 1.82) is 0 Å². The molecule has 0 aromatic rings. The first-order valence-electron chi connectivity index (χ1n) is 5.75. The Kier molecular flexibility index (Phi) is 6.46. The van der Waals surface area contributed by atoms with E-state index in [1.54, 1.807) is 13.8 Å². The summed E-state index contributed by atoms with van der Waals surface area (Å²) in [5.41, 5.74) is 5.23. The molecule has 0 aliphatic heterocycles. The number of rotatable bonds is 8. The van der Waals surface area contributed by atoms with Gasteiger partial charge in [0.25, 0.3) is 0 Å². The zero-order valence-corrected chi connectivity index (χ0v) is 12.0. The highest BCUT2D eigenvalue weighted by atomic mass is 31.2. The van der Waals surface area contributed by atoms with E-state index in [-0.39, 0.29) is 13.2 Å². The minimum atomic E-state index is -4.10. The molecule has 18 heavy (non-hydrogen) atoms. The molecule has 0 saturated carbocycles. The van der Waals surface area contributed by atoms with Gasteiger partial charge in [0.1, 0.15) is 0 Å². The second kappa shape index (κ2) is 6.63. The molecule has 0 radical (unpaired) electrons. The van der Waals surface area contributed by atoms with E-state index in [2.05, 4.69) is 0 Å². The van der Waals surface area contributed by atoms with Gasteiger partial charge in [-0.15, -0.1) is 0 Å². The molecule has 0 spiro atoms. The molecular weight excluding hydrogens is 261 g/mol. The lowest BCUT2D eigenvalue weighted by atomic mass is 9.96. The van der Waals surface area contributed by atoms with Gasteiger partial charge in [-0.2, -0.15) is 0 Å². The van der Waals surface area contributed by atoms with Gasteiger partial charge < -0.3 is 25.0 Å². The summed E-state index contributed by atoms with van der Waals surface area (Å²) in [5, 5.41) is 17.4. The van der Waals surface area contributed by atoms with Crippen molar-refractivity contribution in [3.63, 3.8) is 0 Å². The molecule has 0 heterocycles. The van der Waals surface area contributed by atoms with Crippen LogP contribution in [0.3, 0.4) is 0 Å². The van der Waals surface area contributed by atoms with Gasteiger partial charge in [-0.1, -0.05) is 0 Å². The Balaban J connectivity index is 5.94. The second-order valence-electron chi connectivity index (χ2n) is 3.87. The molecule has 2 atom stereocenters. The van der Waals surface area contributed by atoms with Crippen molar-refractivity contribution in [3.8, 4) is 0 Å². The Bertz CT molecular complexity index is 312. The number of carbonyl (C=O) groups is 1. The normalized spacial score (nSPS) is 19.0. The van der Waals surface area contributed by atoms with Gasteiger partial charge in [-0.25, -0.2) is 0 Å². The van der Waals surface area contributed by atoms with Gasteiger partial charge in [0.15, 0.2) is 0 Å². The zero-order valence-electron chi connectivity index (χ0n) is 11.1. The van der Waals surface area contributed by atoms with E-state index in [0.717, 1.165) is 0 Å². The third-order valence-corrected chi connectivity index (χ3v) is 5.79. The van der Waals surface area contributed by atoms with Crippen LogP contribution in [0.5, 0.6) is 0 Å². The molecule has 0 bridgehead atoms. The molecule has 0 aliphatic rings. The van der Waals surface area contributed by atoms with Crippen molar-refractivity contribution in [2.24, 2.45) is 5.73 Å².